The Morgan fingerprint density at radius 2 is 1.76 bits per heavy atom. The molecule has 1 aliphatic heterocycles. The van der Waals surface area contributed by atoms with Gasteiger partial charge in [0.25, 0.3) is 0 Å². The molecule has 4 unspecified atom stereocenters. The lowest BCUT2D eigenvalue weighted by atomic mass is 9.94. The first-order valence-electron chi connectivity index (χ1n) is 12.0. The molecule has 0 radical (unpaired) electrons. The van der Waals surface area contributed by atoms with Gasteiger partial charge < -0.3 is 25.6 Å². The Balaban J connectivity index is 1.68. The number of hydrogen-bond acceptors (Lipinski definition) is 5. The van der Waals surface area contributed by atoms with Gasteiger partial charge in [-0.05, 0) is 49.7 Å². The van der Waals surface area contributed by atoms with E-state index in [1.54, 1.807) is 7.11 Å². The van der Waals surface area contributed by atoms with E-state index in [4.69, 9.17) is 4.74 Å². The summed E-state index contributed by atoms with van der Waals surface area (Å²) in [5.41, 5.74) is 3.00. The van der Waals surface area contributed by atoms with Crippen molar-refractivity contribution < 1.29 is 14.3 Å². The number of carbonyl (C=O) groups is 2. The predicted molar refractivity (Wildman–Crippen MR) is 136 cm³/mol. The van der Waals surface area contributed by atoms with Crippen LogP contribution >= 0.6 is 0 Å². The fourth-order valence-corrected chi connectivity index (χ4v) is 4.66. The number of rotatable bonds is 11. The Bertz CT molecular complexity index is 919. The van der Waals surface area contributed by atoms with Crippen LogP contribution in [0.4, 0.5) is 5.69 Å². The Hall–Kier alpha value is -2.90. The molecule has 0 saturated carbocycles. The van der Waals surface area contributed by atoms with Crippen LogP contribution in [0.15, 0.2) is 54.6 Å². The lowest BCUT2D eigenvalue weighted by Crippen LogP contribution is -2.53. The smallest absolute Gasteiger partial charge is 0.243 e. The highest BCUT2D eigenvalue weighted by Gasteiger charge is 2.37. The number of nitrogens with one attached hydrogen (secondary N) is 3. The largest absolute Gasteiger partial charge is 0.388 e. The van der Waals surface area contributed by atoms with Crippen molar-refractivity contribution in [2.75, 3.05) is 33.1 Å². The molecule has 4 atom stereocenters. The maximum Gasteiger partial charge on any atom is 0.243 e. The molecular formula is C27H38N4O3. The fourth-order valence-electron chi connectivity index (χ4n) is 4.66. The SMILES string of the molecule is CNc1ccc(CNC(=O)C(Cc2ccccc2)NC(=O)C(C)C(OC)C2CCCN2C)cc1. The summed E-state index contributed by atoms with van der Waals surface area (Å²) in [5, 5.41) is 9.09. The van der Waals surface area contributed by atoms with Gasteiger partial charge in [-0.3, -0.25) is 9.59 Å². The summed E-state index contributed by atoms with van der Waals surface area (Å²) in [6.45, 7) is 3.29. The molecule has 2 amide bonds. The number of benzene rings is 2. The van der Waals surface area contributed by atoms with Crippen LogP contribution in [0.2, 0.25) is 0 Å². The number of anilines is 1. The van der Waals surface area contributed by atoms with Crippen LogP contribution < -0.4 is 16.0 Å². The van der Waals surface area contributed by atoms with Gasteiger partial charge in [-0.15, -0.1) is 0 Å². The number of likely N-dealkylation sites (tertiary alicyclic amines) is 1. The van der Waals surface area contributed by atoms with E-state index in [1.165, 1.54) is 0 Å². The van der Waals surface area contributed by atoms with Crippen molar-refractivity contribution in [3.63, 3.8) is 0 Å². The van der Waals surface area contributed by atoms with Gasteiger partial charge in [0, 0.05) is 38.9 Å². The number of ether oxygens (including phenoxy) is 1. The van der Waals surface area contributed by atoms with Crippen molar-refractivity contribution in [1.29, 1.82) is 0 Å². The molecular weight excluding hydrogens is 428 g/mol. The molecule has 1 fully saturated rings. The molecule has 3 rings (SSSR count). The van der Waals surface area contributed by atoms with E-state index in [1.807, 2.05) is 68.6 Å². The van der Waals surface area contributed by atoms with Gasteiger partial charge in [-0.2, -0.15) is 0 Å². The molecule has 7 heteroatoms. The lowest BCUT2D eigenvalue weighted by molar-refractivity contribution is -0.135. The number of hydrogen-bond donors (Lipinski definition) is 3. The summed E-state index contributed by atoms with van der Waals surface area (Å²) < 4.78 is 5.76. The maximum absolute atomic E-state index is 13.3. The molecule has 0 aromatic heterocycles. The summed E-state index contributed by atoms with van der Waals surface area (Å²) in [7, 11) is 5.60. The third kappa shape index (κ3) is 6.81. The first kappa shape index (κ1) is 25.7. The van der Waals surface area contributed by atoms with Crippen molar-refractivity contribution in [3.8, 4) is 0 Å². The van der Waals surface area contributed by atoms with Crippen molar-refractivity contribution in [1.82, 2.24) is 15.5 Å². The molecule has 2 aromatic rings. The van der Waals surface area contributed by atoms with E-state index >= 15 is 0 Å². The van der Waals surface area contributed by atoms with Gasteiger partial charge in [0.2, 0.25) is 11.8 Å². The maximum atomic E-state index is 13.3. The quantitative estimate of drug-likeness (QED) is 0.474. The third-order valence-corrected chi connectivity index (χ3v) is 6.76. The van der Waals surface area contributed by atoms with Crippen molar-refractivity contribution >= 4 is 17.5 Å². The standard InChI is InChI=1S/C27H38N4O3/c1-19(25(34-4)24-11-8-16-31(24)3)26(32)30-23(17-20-9-6-5-7-10-20)27(33)29-18-21-12-14-22(28-2)15-13-21/h5-7,9-10,12-15,19,23-25,28H,8,11,16-18H2,1-4H3,(H,29,33)(H,30,32). The van der Waals surface area contributed by atoms with Crippen LogP contribution in [0.3, 0.4) is 0 Å². The second-order valence-corrected chi connectivity index (χ2v) is 9.09. The van der Waals surface area contributed by atoms with Gasteiger partial charge in [0.1, 0.15) is 6.04 Å². The van der Waals surface area contributed by atoms with E-state index < -0.39 is 6.04 Å². The Labute approximate surface area is 203 Å². The number of methoxy groups -OCH3 is 1. The van der Waals surface area contributed by atoms with E-state index in [-0.39, 0.29) is 29.9 Å². The minimum Gasteiger partial charge on any atom is -0.388 e. The minimum atomic E-state index is -0.673. The van der Waals surface area contributed by atoms with E-state index in [9.17, 15) is 9.59 Å². The van der Waals surface area contributed by atoms with E-state index in [0.717, 1.165) is 36.2 Å². The lowest BCUT2D eigenvalue weighted by Gasteiger charge is -2.32. The average molecular weight is 467 g/mol. The van der Waals surface area contributed by atoms with Crippen molar-refractivity contribution in [2.24, 2.45) is 5.92 Å². The highest BCUT2D eigenvalue weighted by molar-refractivity contribution is 5.88. The Morgan fingerprint density at radius 1 is 1.06 bits per heavy atom. The van der Waals surface area contributed by atoms with Crippen LogP contribution in [0.5, 0.6) is 0 Å². The van der Waals surface area contributed by atoms with Crippen LogP contribution in [-0.2, 0) is 27.3 Å². The summed E-state index contributed by atoms with van der Waals surface area (Å²) >= 11 is 0. The zero-order valence-corrected chi connectivity index (χ0v) is 20.7. The first-order chi connectivity index (χ1) is 16.4. The molecule has 34 heavy (non-hydrogen) atoms. The molecule has 0 bridgehead atoms. The zero-order valence-electron chi connectivity index (χ0n) is 20.7. The molecule has 184 valence electrons. The van der Waals surface area contributed by atoms with Gasteiger partial charge in [-0.25, -0.2) is 0 Å². The molecule has 0 spiro atoms. The summed E-state index contributed by atoms with van der Waals surface area (Å²) in [4.78, 5) is 28.7. The average Bonchev–Trinajstić information content (AvgIpc) is 3.28. The van der Waals surface area contributed by atoms with Gasteiger partial charge in [0.15, 0.2) is 0 Å². The highest BCUT2D eigenvalue weighted by atomic mass is 16.5. The normalized spacial score (nSPS) is 18.6. The van der Waals surface area contributed by atoms with Crippen LogP contribution in [-0.4, -0.2) is 62.7 Å². The topological polar surface area (TPSA) is 82.7 Å². The first-order valence-corrected chi connectivity index (χ1v) is 12.0. The predicted octanol–water partition coefficient (Wildman–Crippen LogP) is 2.82. The van der Waals surface area contributed by atoms with E-state index in [2.05, 4.69) is 27.9 Å². The van der Waals surface area contributed by atoms with Crippen LogP contribution in [0, 0.1) is 5.92 Å². The molecule has 1 saturated heterocycles. The fraction of sp³-hybridized carbons (Fsp3) is 0.481. The molecule has 1 aliphatic rings. The highest BCUT2D eigenvalue weighted by Crippen LogP contribution is 2.25. The zero-order chi connectivity index (χ0) is 24.5. The monoisotopic (exact) mass is 466 g/mol. The molecule has 2 aromatic carbocycles. The molecule has 3 N–H and O–H groups in total. The Kier molecular flexibility index (Phi) is 9.48. The number of nitrogens with zero attached hydrogens (tertiary/aromatic N) is 1. The third-order valence-electron chi connectivity index (χ3n) is 6.76. The van der Waals surface area contributed by atoms with Crippen LogP contribution in [0.25, 0.3) is 0 Å². The number of likely N-dealkylation sites (N-methyl/N-ethyl adjacent to an activating group) is 1. The molecule has 7 nitrogen and oxygen atoms in total. The molecule has 0 aliphatic carbocycles. The van der Waals surface area contributed by atoms with Crippen molar-refractivity contribution in [3.05, 3.63) is 65.7 Å². The number of carbonyl (C=O) groups excluding carboxylic acids is 2. The number of amides is 2. The minimum absolute atomic E-state index is 0.165. The van der Waals surface area contributed by atoms with E-state index in [0.29, 0.717) is 13.0 Å². The summed E-state index contributed by atoms with van der Waals surface area (Å²) in [6, 6.07) is 17.2. The Morgan fingerprint density at radius 3 is 2.35 bits per heavy atom. The summed E-state index contributed by atoms with van der Waals surface area (Å²) in [5.74, 6) is -0.744. The van der Waals surface area contributed by atoms with Gasteiger partial charge in [0.05, 0.1) is 12.0 Å². The van der Waals surface area contributed by atoms with Crippen LogP contribution in [0.1, 0.15) is 30.9 Å². The second-order valence-electron chi connectivity index (χ2n) is 9.09. The molecule has 1 heterocycles. The van der Waals surface area contributed by atoms with Crippen molar-refractivity contribution in [2.45, 2.75) is 50.9 Å². The summed E-state index contributed by atoms with van der Waals surface area (Å²) in [6.07, 6.45) is 2.31. The van der Waals surface area contributed by atoms with Gasteiger partial charge >= 0.3 is 0 Å². The second kappa shape index (κ2) is 12.5. The van der Waals surface area contributed by atoms with Gasteiger partial charge in [-0.1, -0.05) is 49.4 Å².